The van der Waals surface area contributed by atoms with Gasteiger partial charge in [0.15, 0.2) is 5.03 Å². The number of nitrogens with zero attached hydrogens (tertiary/aromatic N) is 2. The van der Waals surface area contributed by atoms with Crippen LogP contribution in [0.3, 0.4) is 0 Å². The molecule has 7 heteroatoms. The summed E-state index contributed by atoms with van der Waals surface area (Å²) in [4.78, 5) is 3.83. The number of aromatic nitrogens is 1. The Balaban J connectivity index is 2.13. The van der Waals surface area contributed by atoms with Crippen molar-refractivity contribution in [2.45, 2.75) is 23.9 Å². The molecular weight excluding hydrogens is 293 g/mol. The topological polar surface area (TPSA) is 76.3 Å². The van der Waals surface area contributed by atoms with Crippen LogP contribution in [0.2, 0.25) is 0 Å². The largest absolute Gasteiger partial charge is 0.327 e. The van der Waals surface area contributed by atoms with E-state index in [4.69, 9.17) is 5.73 Å². The Hall–Kier alpha value is -1.57. The predicted molar refractivity (Wildman–Crippen MR) is 77.7 cm³/mol. The minimum Gasteiger partial charge on any atom is -0.327 e. The first-order valence-electron chi connectivity index (χ1n) is 6.79. The van der Waals surface area contributed by atoms with Crippen LogP contribution in [0.5, 0.6) is 0 Å². The third-order valence-electron chi connectivity index (χ3n) is 3.71. The molecule has 0 bridgehead atoms. The van der Waals surface area contributed by atoms with E-state index in [9.17, 15) is 12.8 Å². The van der Waals surface area contributed by atoms with Gasteiger partial charge in [0.2, 0.25) is 0 Å². The number of sulfonamides is 1. The normalized spacial score (nSPS) is 20.8. The van der Waals surface area contributed by atoms with E-state index in [1.54, 1.807) is 24.3 Å². The number of halogens is 1. The lowest BCUT2D eigenvalue weighted by Crippen LogP contribution is -2.45. The molecule has 0 saturated carbocycles. The molecule has 1 saturated heterocycles. The lowest BCUT2D eigenvalue weighted by atomic mass is 10.1. The number of benzene rings is 1. The van der Waals surface area contributed by atoms with Crippen LogP contribution in [-0.2, 0) is 10.0 Å². The third-order valence-corrected chi connectivity index (χ3v) is 5.54. The Morgan fingerprint density at radius 2 is 2.00 bits per heavy atom. The van der Waals surface area contributed by atoms with Crippen LogP contribution >= 0.6 is 0 Å². The first-order chi connectivity index (χ1) is 10.00. The van der Waals surface area contributed by atoms with Gasteiger partial charge in [-0.3, -0.25) is 0 Å². The fraction of sp³-hybridized carbons (Fsp3) is 0.357. The summed E-state index contributed by atoms with van der Waals surface area (Å²) in [6.07, 6.45) is 2.49. The first kappa shape index (κ1) is 14.4. The quantitative estimate of drug-likeness (QED) is 0.912. The SMILES string of the molecule is N[C@@H]1CCCN(S(=O)(=O)c2ncc(F)c3ccccc23)C1. The van der Waals surface area contributed by atoms with Crippen molar-refractivity contribution < 1.29 is 12.8 Å². The minimum atomic E-state index is -3.76. The van der Waals surface area contributed by atoms with Gasteiger partial charge in [-0.2, -0.15) is 4.31 Å². The number of pyridine rings is 1. The van der Waals surface area contributed by atoms with Crippen LogP contribution < -0.4 is 5.73 Å². The van der Waals surface area contributed by atoms with Gasteiger partial charge < -0.3 is 5.73 Å². The molecule has 0 amide bonds. The average Bonchev–Trinajstić information content (AvgIpc) is 2.47. The summed E-state index contributed by atoms with van der Waals surface area (Å²) in [5, 5.41) is 0.456. The third kappa shape index (κ3) is 2.52. The molecule has 3 rings (SSSR count). The van der Waals surface area contributed by atoms with Gasteiger partial charge in [0.25, 0.3) is 10.0 Å². The highest BCUT2D eigenvalue weighted by molar-refractivity contribution is 7.89. The molecule has 21 heavy (non-hydrogen) atoms. The zero-order valence-corrected chi connectivity index (χ0v) is 12.2. The molecule has 2 heterocycles. The monoisotopic (exact) mass is 309 g/mol. The molecule has 112 valence electrons. The van der Waals surface area contributed by atoms with E-state index in [1.807, 2.05) is 0 Å². The van der Waals surface area contributed by atoms with Gasteiger partial charge in [-0.15, -0.1) is 0 Å². The van der Waals surface area contributed by atoms with E-state index in [2.05, 4.69) is 4.98 Å². The van der Waals surface area contributed by atoms with Crippen LogP contribution in [0.15, 0.2) is 35.5 Å². The number of fused-ring (bicyclic) bond motifs is 1. The Labute approximate surface area is 122 Å². The Morgan fingerprint density at radius 3 is 2.71 bits per heavy atom. The number of piperidine rings is 1. The van der Waals surface area contributed by atoms with Gasteiger partial charge in [-0.1, -0.05) is 24.3 Å². The summed E-state index contributed by atoms with van der Waals surface area (Å²) in [5.74, 6) is -0.528. The molecule has 0 unspecified atom stereocenters. The van der Waals surface area contributed by atoms with E-state index >= 15 is 0 Å². The maximum Gasteiger partial charge on any atom is 0.261 e. The molecule has 0 aliphatic carbocycles. The van der Waals surface area contributed by atoms with Crippen molar-refractivity contribution >= 4 is 20.8 Å². The maximum atomic E-state index is 13.8. The second-order valence-corrected chi connectivity index (χ2v) is 7.08. The van der Waals surface area contributed by atoms with Gasteiger partial charge >= 0.3 is 0 Å². The summed E-state index contributed by atoms with van der Waals surface area (Å²) in [6, 6.07) is 6.29. The number of hydrogen-bond acceptors (Lipinski definition) is 4. The van der Waals surface area contributed by atoms with Crippen LogP contribution in [0.25, 0.3) is 10.8 Å². The molecular formula is C14H16FN3O2S. The highest BCUT2D eigenvalue weighted by Gasteiger charge is 2.31. The van der Waals surface area contributed by atoms with E-state index in [1.165, 1.54) is 4.31 Å². The molecule has 5 nitrogen and oxygen atoms in total. The second-order valence-electron chi connectivity index (χ2n) is 5.22. The predicted octanol–water partition coefficient (Wildman–Crippen LogP) is 1.49. The smallest absolute Gasteiger partial charge is 0.261 e. The van der Waals surface area contributed by atoms with Gasteiger partial charge in [0.1, 0.15) is 5.82 Å². The molecule has 1 aromatic carbocycles. The average molecular weight is 309 g/mol. The van der Waals surface area contributed by atoms with Crippen molar-refractivity contribution in [1.82, 2.24) is 9.29 Å². The molecule has 0 spiro atoms. The van der Waals surface area contributed by atoms with Crippen LogP contribution in [0.1, 0.15) is 12.8 Å². The van der Waals surface area contributed by atoms with Crippen molar-refractivity contribution in [3.63, 3.8) is 0 Å². The van der Waals surface area contributed by atoms with E-state index in [0.29, 0.717) is 11.9 Å². The van der Waals surface area contributed by atoms with E-state index < -0.39 is 15.8 Å². The highest BCUT2D eigenvalue weighted by atomic mass is 32.2. The lowest BCUT2D eigenvalue weighted by Gasteiger charge is -2.29. The highest BCUT2D eigenvalue weighted by Crippen LogP contribution is 2.27. The zero-order valence-electron chi connectivity index (χ0n) is 11.4. The number of hydrogen-bond donors (Lipinski definition) is 1. The minimum absolute atomic E-state index is 0.103. The zero-order chi connectivity index (χ0) is 15.0. The summed E-state index contributed by atoms with van der Waals surface area (Å²) in [7, 11) is -3.76. The van der Waals surface area contributed by atoms with Crippen molar-refractivity contribution in [3.05, 3.63) is 36.3 Å². The molecule has 2 N–H and O–H groups in total. The molecule has 2 aromatic rings. The van der Waals surface area contributed by atoms with E-state index in [0.717, 1.165) is 19.0 Å². The fourth-order valence-corrected chi connectivity index (χ4v) is 4.30. The van der Waals surface area contributed by atoms with Crippen LogP contribution in [-0.4, -0.2) is 36.8 Å². The lowest BCUT2D eigenvalue weighted by molar-refractivity contribution is 0.315. The molecule has 1 atom stereocenters. The van der Waals surface area contributed by atoms with Crippen LogP contribution in [0.4, 0.5) is 4.39 Å². The molecule has 0 radical (unpaired) electrons. The number of nitrogens with two attached hydrogens (primary N) is 1. The summed E-state index contributed by atoms with van der Waals surface area (Å²) in [6.45, 7) is 0.694. The second kappa shape index (κ2) is 5.32. The van der Waals surface area contributed by atoms with Crippen LogP contribution in [0, 0.1) is 5.82 Å². The van der Waals surface area contributed by atoms with Crippen molar-refractivity contribution in [1.29, 1.82) is 0 Å². The van der Waals surface area contributed by atoms with Crippen molar-refractivity contribution in [2.24, 2.45) is 5.73 Å². The Morgan fingerprint density at radius 1 is 1.29 bits per heavy atom. The molecule has 1 aliphatic heterocycles. The molecule has 1 aromatic heterocycles. The summed E-state index contributed by atoms with van der Waals surface area (Å²) < 4.78 is 40.6. The summed E-state index contributed by atoms with van der Waals surface area (Å²) in [5.41, 5.74) is 5.85. The van der Waals surface area contributed by atoms with Gasteiger partial charge in [0, 0.05) is 29.9 Å². The maximum absolute atomic E-state index is 13.8. The van der Waals surface area contributed by atoms with Crippen molar-refractivity contribution in [3.8, 4) is 0 Å². The van der Waals surface area contributed by atoms with Crippen molar-refractivity contribution in [2.75, 3.05) is 13.1 Å². The first-order valence-corrected chi connectivity index (χ1v) is 8.23. The Bertz CT molecular complexity index is 779. The standard InChI is InChI=1S/C14H16FN3O2S/c15-13-8-17-14(12-6-2-1-5-11(12)13)21(19,20)18-7-3-4-10(16)9-18/h1-2,5-6,8,10H,3-4,7,9,16H2/t10-/m1/s1. The summed E-state index contributed by atoms with van der Waals surface area (Å²) >= 11 is 0. The van der Waals surface area contributed by atoms with Gasteiger partial charge in [0.05, 0.1) is 6.20 Å². The number of rotatable bonds is 2. The molecule has 1 aliphatic rings. The molecule has 1 fully saturated rings. The Kier molecular flexibility index (Phi) is 3.64. The van der Waals surface area contributed by atoms with E-state index in [-0.39, 0.29) is 23.0 Å². The van der Waals surface area contributed by atoms with Gasteiger partial charge in [-0.05, 0) is 12.8 Å². The fourth-order valence-electron chi connectivity index (χ4n) is 2.65. The van der Waals surface area contributed by atoms with Gasteiger partial charge in [-0.25, -0.2) is 17.8 Å².